The van der Waals surface area contributed by atoms with Crippen molar-refractivity contribution in [3.63, 3.8) is 0 Å². The molecule has 0 spiro atoms. The lowest BCUT2D eigenvalue weighted by atomic mass is 10.1. The molecule has 80 valence electrons. The zero-order chi connectivity index (χ0) is 11.3. The van der Waals surface area contributed by atoms with E-state index < -0.39 is 10.8 Å². The molecule has 1 heterocycles. The fraction of sp³-hybridized carbons (Fsp3) is 0.400. The van der Waals surface area contributed by atoms with Gasteiger partial charge in [0, 0.05) is 35.5 Å². The molecule has 1 aromatic rings. The Bertz CT molecular complexity index is 412. The van der Waals surface area contributed by atoms with E-state index in [9.17, 15) is 4.21 Å². The second-order valence-corrected chi connectivity index (χ2v) is 4.72. The molecule has 0 aliphatic heterocycles. The molecule has 1 unspecified atom stereocenters. The van der Waals surface area contributed by atoms with Crippen molar-refractivity contribution in [2.75, 3.05) is 23.9 Å². The van der Waals surface area contributed by atoms with Gasteiger partial charge in [0.1, 0.15) is 11.9 Å². The number of aryl methyl sites for hydroxylation is 1. The molecular formula is C10H13N3OS. The van der Waals surface area contributed by atoms with Crippen LogP contribution in [0.4, 0.5) is 5.82 Å². The van der Waals surface area contributed by atoms with Crippen LogP contribution in [0.5, 0.6) is 0 Å². The van der Waals surface area contributed by atoms with Crippen LogP contribution in [0, 0.1) is 18.3 Å². The maximum atomic E-state index is 10.8. The lowest BCUT2D eigenvalue weighted by Gasteiger charge is -2.07. The molecule has 1 N–H and O–H groups in total. The van der Waals surface area contributed by atoms with E-state index in [0.29, 0.717) is 23.7 Å². The molecule has 15 heavy (non-hydrogen) atoms. The summed E-state index contributed by atoms with van der Waals surface area (Å²) in [4.78, 5) is 4.07. The minimum absolute atomic E-state index is 0.555. The summed E-state index contributed by atoms with van der Waals surface area (Å²) in [7, 11) is -0.826. The molecule has 0 fully saturated rings. The van der Waals surface area contributed by atoms with Gasteiger partial charge >= 0.3 is 0 Å². The van der Waals surface area contributed by atoms with E-state index in [0.717, 1.165) is 5.56 Å². The van der Waals surface area contributed by atoms with Gasteiger partial charge in [0.05, 0.1) is 5.56 Å². The number of nitrogens with one attached hydrogen (secondary N) is 1. The summed E-state index contributed by atoms with van der Waals surface area (Å²) < 4.78 is 10.8. The highest BCUT2D eigenvalue weighted by Gasteiger charge is 2.05. The maximum Gasteiger partial charge on any atom is 0.144 e. The summed E-state index contributed by atoms with van der Waals surface area (Å²) in [6, 6.07) is 3.89. The van der Waals surface area contributed by atoms with Crippen molar-refractivity contribution < 1.29 is 4.21 Å². The monoisotopic (exact) mass is 223 g/mol. The molecule has 1 atom stereocenters. The van der Waals surface area contributed by atoms with Crippen LogP contribution >= 0.6 is 0 Å². The maximum absolute atomic E-state index is 10.8. The zero-order valence-electron chi connectivity index (χ0n) is 8.78. The smallest absolute Gasteiger partial charge is 0.144 e. The third kappa shape index (κ3) is 3.33. The Balaban J connectivity index is 2.73. The van der Waals surface area contributed by atoms with E-state index in [1.54, 1.807) is 18.5 Å². The molecule has 0 amide bonds. The Morgan fingerprint density at radius 1 is 1.67 bits per heavy atom. The van der Waals surface area contributed by atoms with Crippen molar-refractivity contribution >= 4 is 16.6 Å². The van der Waals surface area contributed by atoms with Gasteiger partial charge in [-0.1, -0.05) is 0 Å². The van der Waals surface area contributed by atoms with Crippen molar-refractivity contribution in [3.8, 4) is 6.07 Å². The van der Waals surface area contributed by atoms with Gasteiger partial charge in [-0.25, -0.2) is 4.98 Å². The van der Waals surface area contributed by atoms with Gasteiger partial charge < -0.3 is 5.32 Å². The Morgan fingerprint density at radius 3 is 3.00 bits per heavy atom. The molecule has 0 radical (unpaired) electrons. The van der Waals surface area contributed by atoms with Crippen molar-refractivity contribution in [3.05, 3.63) is 23.4 Å². The first-order valence-corrected chi connectivity index (χ1v) is 6.27. The van der Waals surface area contributed by atoms with Gasteiger partial charge in [-0.05, 0) is 18.6 Å². The molecular weight excluding hydrogens is 210 g/mol. The topological polar surface area (TPSA) is 65.8 Å². The normalized spacial score (nSPS) is 11.8. The molecule has 0 saturated carbocycles. The Kier molecular flexibility index (Phi) is 4.25. The number of nitrogens with zero attached hydrogens (tertiary/aromatic N) is 2. The van der Waals surface area contributed by atoms with E-state index >= 15 is 0 Å². The Morgan fingerprint density at radius 2 is 2.40 bits per heavy atom. The third-order valence-electron chi connectivity index (χ3n) is 1.95. The first-order valence-electron chi connectivity index (χ1n) is 4.54. The summed E-state index contributed by atoms with van der Waals surface area (Å²) in [6.45, 7) is 2.43. The highest BCUT2D eigenvalue weighted by molar-refractivity contribution is 7.84. The lowest BCUT2D eigenvalue weighted by molar-refractivity contribution is 0.687. The summed E-state index contributed by atoms with van der Waals surface area (Å²) in [5, 5.41) is 11.9. The standard InChI is InChI=1S/C10H13N3OS/c1-8-3-4-12-10(9(8)7-11)13-5-6-15(2)14/h3-4H,5-6H2,1-2H3,(H,12,13). The number of hydrogen-bond donors (Lipinski definition) is 1. The van der Waals surface area contributed by atoms with Crippen LogP contribution in [0.3, 0.4) is 0 Å². The number of anilines is 1. The van der Waals surface area contributed by atoms with E-state index in [-0.39, 0.29) is 0 Å². The van der Waals surface area contributed by atoms with Crippen LogP contribution in [0.25, 0.3) is 0 Å². The molecule has 1 aromatic heterocycles. The Labute approximate surface area is 91.8 Å². The highest BCUT2D eigenvalue weighted by Crippen LogP contribution is 2.14. The average Bonchev–Trinajstić information content (AvgIpc) is 2.17. The van der Waals surface area contributed by atoms with Gasteiger partial charge in [0.2, 0.25) is 0 Å². The van der Waals surface area contributed by atoms with Gasteiger partial charge in [-0.15, -0.1) is 0 Å². The van der Waals surface area contributed by atoms with Crippen LogP contribution in [0.2, 0.25) is 0 Å². The second-order valence-electron chi connectivity index (χ2n) is 3.17. The molecule has 0 saturated heterocycles. The molecule has 5 heteroatoms. The molecule has 0 aliphatic carbocycles. The van der Waals surface area contributed by atoms with Crippen molar-refractivity contribution in [1.82, 2.24) is 4.98 Å². The van der Waals surface area contributed by atoms with Crippen molar-refractivity contribution in [2.45, 2.75) is 6.92 Å². The van der Waals surface area contributed by atoms with Crippen LogP contribution in [-0.2, 0) is 10.8 Å². The lowest BCUT2D eigenvalue weighted by Crippen LogP contribution is -2.12. The van der Waals surface area contributed by atoms with Crippen LogP contribution in [0.1, 0.15) is 11.1 Å². The van der Waals surface area contributed by atoms with Gasteiger partial charge in [0.25, 0.3) is 0 Å². The molecule has 0 aliphatic rings. The molecule has 0 bridgehead atoms. The quantitative estimate of drug-likeness (QED) is 0.828. The summed E-state index contributed by atoms with van der Waals surface area (Å²) >= 11 is 0. The van der Waals surface area contributed by atoms with Crippen LogP contribution < -0.4 is 5.32 Å². The van der Waals surface area contributed by atoms with Gasteiger partial charge in [0.15, 0.2) is 0 Å². The minimum Gasteiger partial charge on any atom is -0.368 e. The summed E-state index contributed by atoms with van der Waals surface area (Å²) in [5.74, 6) is 1.13. The summed E-state index contributed by atoms with van der Waals surface area (Å²) in [6.07, 6.45) is 3.30. The molecule has 0 aromatic carbocycles. The SMILES string of the molecule is Cc1ccnc(NCCS(C)=O)c1C#N. The van der Waals surface area contributed by atoms with Gasteiger partial charge in [-0.3, -0.25) is 4.21 Å². The van der Waals surface area contributed by atoms with E-state index in [4.69, 9.17) is 5.26 Å². The molecule has 1 rings (SSSR count). The predicted molar refractivity (Wildman–Crippen MR) is 61.1 cm³/mol. The van der Waals surface area contributed by atoms with Crippen molar-refractivity contribution in [1.29, 1.82) is 5.26 Å². The second kappa shape index (κ2) is 5.47. The number of rotatable bonds is 4. The van der Waals surface area contributed by atoms with E-state index in [1.807, 2.05) is 6.92 Å². The van der Waals surface area contributed by atoms with Crippen LogP contribution in [-0.4, -0.2) is 27.7 Å². The van der Waals surface area contributed by atoms with E-state index in [2.05, 4.69) is 16.4 Å². The third-order valence-corrected chi connectivity index (χ3v) is 2.73. The van der Waals surface area contributed by atoms with E-state index in [1.165, 1.54) is 0 Å². The first-order chi connectivity index (χ1) is 7.15. The fourth-order valence-electron chi connectivity index (χ4n) is 1.15. The highest BCUT2D eigenvalue weighted by atomic mass is 32.2. The fourth-order valence-corrected chi connectivity index (χ4v) is 1.54. The zero-order valence-corrected chi connectivity index (χ0v) is 9.60. The number of hydrogen-bond acceptors (Lipinski definition) is 4. The van der Waals surface area contributed by atoms with Crippen LogP contribution in [0.15, 0.2) is 12.3 Å². The largest absolute Gasteiger partial charge is 0.368 e. The molecule has 4 nitrogen and oxygen atoms in total. The number of aromatic nitrogens is 1. The van der Waals surface area contributed by atoms with Crippen molar-refractivity contribution in [2.24, 2.45) is 0 Å². The Hall–Kier alpha value is -1.41. The number of pyridine rings is 1. The number of nitriles is 1. The first kappa shape index (κ1) is 11.7. The minimum atomic E-state index is -0.826. The predicted octanol–water partition coefficient (Wildman–Crippen LogP) is 1.05. The average molecular weight is 223 g/mol. The van der Waals surface area contributed by atoms with Gasteiger partial charge in [-0.2, -0.15) is 5.26 Å². The summed E-state index contributed by atoms with van der Waals surface area (Å²) in [5.41, 5.74) is 1.45.